The van der Waals surface area contributed by atoms with Crippen LogP contribution in [0.2, 0.25) is 0 Å². The molecule has 0 saturated heterocycles. The predicted molar refractivity (Wildman–Crippen MR) is 49.3 cm³/mol. The molecule has 0 aliphatic heterocycles. The van der Waals surface area contributed by atoms with E-state index >= 15 is 0 Å². The third kappa shape index (κ3) is 1.45. The maximum absolute atomic E-state index is 13.2. The summed E-state index contributed by atoms with van der Waals surface area (Å²) in [4.78, 5) is 27.1. The minimum Gasteiger partial charge on any atom is -0.477 e. The van der Waals surface area contributed by atoms with Gasteiger partial charge in [0.15, 0.2) is 0 Å². The van der Waals surface area contributed by atoms with Crippen LogP contribution in [0.5, 0.6) is 0 Å². The second-order valence-corrected chi connectivity index (χ2v) is 2.86. The summed E-state index contributed by atoms with van der Waals surface area (Å²) in [6, 6.07) is 3.84. The molecule has 0 aliphatic rings. The molecule has 0 bridgehead atoms. The first-order valence-corrected chi connectivity index (χ1v) is 4.01. The van der Waals surface area contributed by atoms with Gasteiger partial charge in [-0.25, -0.2) is 14.0 Å². The highest BCUT2D eigenvalue weighted by molar-refractivity contribution is 6.00. The van der Waals surface area contributed by atoms with E-state index in [4.69, 9.17) is 5.11 Å². The minimum absolute atomic E-state index is 0.0714. The first kappa shape index (κ1) is 9.32. The Morgan fingerprint density at radius 2 is 2.20 bits per heavy atom. The number of hydrogen-bond acceptors (Lipinski definition) is 3. The number of hydrogen-bond donors (Lipinski definition) is 2. The summed E-state index contributed by atoms with van der Waals surface area (Å²) in [5, 5.41) is 8.85. The van der Waals surface area contributed by atoms with Crippen molar-refractivity contribution < 1.29 is 14.3 Å². The van der Waals surface area contributed by atoms with Gasteiger partial charge in [-0.1, -0.05) is 12.1 Å². The summed E-state index contributed by atoms with van der Waals surface area (Å²) in [6.07, 6.45) is 0. The fourth-order valence-corrected chi connectivity index (χ4v) is 1.30. The zero-order valence-electron chi connectivity index (χ0n) is 7.32. The monoisotopic (exact) mass is 208 g/mol. The van der Waals surface area contributed by atoms with Crippen molar-refractivity contribution in [2.45, 2.75) is 0 Å². The van der Waals surface area contributed by atoms with Crippen LogP contribution in [0.25, 0.3) is 10.9 Å². The number of H-pyrrole nitrogens is 1. The molecule has 0 fully saturated rings. The van der Waals surface area contributed by atoms with Crippen molar-refractivity contribution >= 4 is 16.9 Å². The second-order valence-electron chi connectivity index (χ2n) is 2.86. The summed E-state index contributed by atoms with van der Waals surface area (Å²) in [5.41, 5.74) is -1.48. The third-order valence-corrected chi connectivity index (χ3v) is 1.92. The molecule has 0 saturated carbocycles. The molecule has 1 heterocycles. The van der Waals surface area contributed by atoms with Crippen LogP contribution in [0, 0.1) is 5.82 Å². The van der Waals surface area contributed by atoms with E-state index < -0.39 is 17.5 Å². The number of fused-ring (bicyclic) bond motifs is 1. The van der Waals surface area contributed by atoms with Gasteiger partial charge in [0.25, 0.3) is 0 Å². The molecule has 6 heteroatoms. The number of aromatic carboxylic acids is 1. The lowest BCUT2D eigenvalue weighted by molar-refractivity contribution is 0.0692. The van der Waals surface area contributed by atoms with Gasteiger partial charge in [-0.05, 0) is 6.07 Å². The van der Waals surface area contributed by atoms with Gasteiger partial charge in [0.05, 0.1) is 0 Å². The number of aromatic amines is 1. The number of carbonyl (C=O) groups is 1. The molecule has 2 N–H and O–H groups in total. The minimum atomic E-state index is -1.33. The van der Waals surface area contributed by atoms with E-state index in [9.17, 15) is 14.0 Å². The Kier molecular flexibility index (Phi) is 1.96. The Labute approximate surface area is 82.2 Å². The summed E-state index contributed by atoms with van der Waals surface area (Å²) in [7, 11) is 0. The van der Waals surface area contributed by atoms with E-state index in [1.165, 1.54) is 12.1 Å². The number of nitrogens with zero attached hydrogens (tertiary/aromatic N) is 1. The molecule has 76 valence electrons. The zero-order chi connectivity index (χ0) is 11.0. The maximum Gasteiger partial charge on any atom is 0.353 e. The number of nitrogens with one attached hydrogen (secondary N) is 1. The highest BCUT2D eigenvalue weighted by Crippen LogP contribution is 2.15. The molecule has 0 spiro atoms. The van der Waals surface area contributed by atoms with Crippen LogP contribution in [-0.4, -0.2) is 21.0 Å². The molecule has 0 amide bonds. The lowest BCUT2D eigenvalue weighted by Crippen LogP contribution is -2.16. The normalized spacial score (nSPS) is 10.5. The molecular formula is C9H5FN2O3. The topological polar surface area (TPSA) is 83.0 Å². The van der Waals surface area contributed by atoms with Gasteiger partial charge in [0.1, 0.15) is 17.0 Å². The SMILES string of the molecule is O=C(O)c1[nH]c(=O)nc2c(F)cccc12. The lowest BCUT2D eigenvalue weighted by atomic mass is 10.2. The number of halogens is 1. The molecule has 2 aromatic rings. The van der Waals surface area contributed by atoms with Crippen molar-refractivity contribution in [3.05, 3.63) is 40.2 Å². The quantitative estimate of drug-likeness (QED) is 0.724. The molecule has 1 aromatic carbocycles. The molecule has 0 radical (unpaired) electrons. The molecule has 15 heavy (non-hydrogen) atoms. The van der Waals surface area contributed by atoms with Gasteiger partial charge < -0.3 is 5.11 Å². The van der Waals surface area contributed by atoms with E-state index in [1.54, 1.807) is 0 Å². The molecule has 0 unspecified atom stereocenters. The molecule has 2 rings (SSSR count). The van der Waals surface area contributed by atoms with Crippen LogP contribution in [0.1, 0.15) is 10.5 Å². The second kappa shape index (κ2) is 3.16. The number of rotatable bonds is 1. The van der Waals surface area contributed by atoms with Gasteiger partial charge in [-0.15, -0.1) is 0 Å². The van der Waals surface area contributed by atoms with Crippen molar-refractivity contribution in [1.82, 2.24) is 9.97 Å². The summed E-state index contributed by atoms with van der Waals surface area (Å²) >= 11 is 0. The largest absolute Gasteiger partial charge is 0.477 e. The Bertz CT molecular complexity index is 606. The van der Waals surface area contributed by atoms with E-state index in [-0.39, 0.29) is 16.6 Å². The number of aromatic nitrogens is 2. The Hall–Kier alpha value is -2.24. The van der Waals surface area contributed by atoms with Crippen molar-refractivity contribution in [3.63, 3.8) is 0 Å². The van der Waals surface area contributed by atoms with E-state index in [2.05, 4.69) is 4.98 Å². The van der Waals surface area contributed by atoms with Gasteiger partial charge in [0, 0.05) is 5.39 Å². The predicted octanol–water partition coefficient (Wildman–Crippen LogP) is 0.760. The van der Waals surface area contributed by atoms with Crippen molar-refractivity contribution in [1.29, 1.82) is 0 Å². The first-order chi connectivity index (χ1) is 7.09. The molecule has 0 aliphatic carbocycles. The number of para-hydroxylation sites is 1. The smallest absolute Gasteiger partial charge is 0.353 e. The van der Waals surface area contributed by atoms with Crippen molar-refractivity contribution in [2.24, 2.45) is 0 Å². The first-order valence-electron chi connectivity index (χ1n) is 4.01. The van der Waals surface area contributed by atoms with Gasteiger partial charge in [0.2, 0.25) is 0 Å². The summed E-state index contributed by atoms with van der Waals surface area (Å²) in [5.74, 6) is -2.05. The number of carboxylic acids is 1. The Morgan fingerprint density at radius 3 is 2.87 bits per heavy atom. The molecule has 0 atom stereocenters. The zero-order valence-corrected chi connectivity index (χ0v) is 7.32. The van der Waals surface area contributed by atoms with Crippen LogP contribution >= 0.6 is 0 Å². The van der Waals surface area contributed by atoms with Crippen LogP contribution in [0.3, 0.4) is 0 Å². The van der Waals surface area contributed by atoms with Crippen LogP contribution in [0.15, 0.2) is 23.0 Å². The van der Waals surface area contributed by atoms with Crippen LogP contribution in [0.4, 0.5) is 4.39 Å². The van der Waals surface area contributed by atoms with Gasteiger partial charge in [-0.3, -0.25) is 4.98 Å². The Morgan fingerprint density at radius 1 is 1.47 bits per heavy atom. The van der Waals surface area contributed by atoms with E-state index in [1.807, 2.05) is 4.98 Å². The maximum atomic E-state index is 13.2. The average molecular weight is 208 g/mol. The molecular weight excluding hydrogens is 203 g/mol. The lowest BCUT2D eigenvalue weighted by Gasteiger charge is -2.00. The molecule has 5 nitrogen and oxygen atoms in total. The van der Waals surface area contributed by atoms with E-state index in [0.717, 1.165) is 6.07 Å². The number of benzene rings is 1. The van der Waals surface area contributed by atoms with Crippen LogP contribution in [-0.2, 0) is 0 Å². The van der Waals surface area contributed by atoms with Crippen molar-refractivity contribution in [2.75, 3.05) is 0 Å². The molecule has 1 aromatic heterocycles. The fourth-order valence-electron chi connectivity index (χ4n) is 1.30. The van der Waals surface area contributed by atoms with Crippen molar-refractivity contribution in [3.8, 4) is 0 Å². The van der Waals surface area contributed by atoms with Crippen LogP contribution < -0.4 is 5.69 Å². The fraction of sp³-hybridized carbons (Fsp3) is 0. The summed E-state index contributed by atoms with van der Waals surface area (Å²) in [6.45, 7) is 0. The third-order valence-electron chi connectivity index (χ3n) is 1.92. The van der Waals surface area contributed by atoms with Gasteiger partial charge in [-0.2, -0.15) is 4.98 Å². The standard InChI is InChI=1S/C9H5FN2O3/c10-5-3-1-2-4-6(5)11-9(15)12-7(4)8(13)14/h1-3H,(H,13,14)(H,11,12,15). The number of carboxylic acid groups (broad SMARTS) is 1. The van der Waals surface area contributed by atoms with E-state index in [0.29, 0.717) is 0 Å². The highest BCUT2D eigenvalue weighted by atomic mass is 19.1. The Balaban J connectivity index is 2.99. The summed E-state index contributed by atoms with van der Waals surface area (Å²) < 4.78 is 13.2. The highest BCUT2D eigenvalue weighted by Gasteiger charge is 2.13. The average Bonchev–Trinajstić information content (AvgIpc) is 2.18. The van der Waals surface area contributed by atoms with Gasteiger partial charge >= 0.3 is 11.7 Å².